The highest BCUT2D eigenvalue weighted by molar-refractivity contribution is 9.10. The van der Waals surface area contributed by atoms with Crippen molar-refractivity contribution in [2.75, 3.05) is 14.2 Å². The summed E-state index contributed by atoms with van der Waals surface area (Å²) in [5, 5.41) is 10.6. The third-order valence-electron chi connectivity index (χ3n) is 5.24. The fraction of sp³-hybridized carbons (Fsp3) is 0.115. The molecule has 1 aliphatic rings. The lowest BCUT2D eigenvalue weighted by atomic mass is 10.1. The zero-order chi connectivity index (χ0) is 26.7. The molecule has 3 aromatic rings. The van der Waals surface area contributed by atoms with E-state index >= 15 is 0 Å². The summed E-state index contributed by atoms with van der Waals surface area (Å²) >= 11 is 16.8. The standard InChI is InChI=1S/C26H19BrCl2N2O5S/c1-31-24(32)22(37-26(31)30-17-5-3-4-16(12-17)25(33)34)11-15-8-18(27)23(21(10-15)35-2)36-13-14-6-7-19(28)20(29)9-14/h3-12H,13H2,1-2H3,(H,33,34). The van der Waals surface area contributed by atoms with Crippen molar-refractivity contribution in [3.8, 4) is 11.5 Å². The molecule has 190 valence electrons. The second kappa shape index (κ2) is 11.6. The Hall–Kier alpha value is -2.98. The van der Waals surface area contributed by atoms with Gasteiger partial charge in [0, 0.05) is 7.05 Å². The van der Waals surface area contributed by atoms with Crippen molar-refractivity contribution in [3.05, 3.63) is 90.7 Å². The summed E-state index contributed by atoms with van der Waals surface area (Å²) in [6.45, 7) is 0.244. The maximum Gasteiger partial charge on any atom is 0.335 e. The first-order valence-corrected chi connectivity index (χ1v) is 13.1. The lowest BCUT2D eigenvalue weighted by Crippen LogP contribution is -2.23. The first-order valence-electron chi connectivity index (χ1n) is 10.7. The summed E-state index contributed by atoms with van der Waals surface area (Å²) in [7, 11) is 3.15. The van der Waals surface area contributed by atoms with Crippen LogP contribution in [-0.2, 0) is 11.4 Å². The van der Waals surface area contributed by atoms with Crippen LogP contribution in [0.15, 0.2) is 69.0 Å². The number of likely N-dealkylation sites (N-methyl/N-ethyl adjacent to an activating group) is 1. The van der Waals surface area contributed by atoms with Gasteiger partial charge >= 0.3 is 5.97 Å². The lowest BCUT2D eigenvalue weighted by Gasteiger charge is -2.14. The van der Waals surface area contributed by atoms with Crippen LogP contribution in [-0.4, -0.2) is 41.2 Å². The van der Waals surface area contributed by atoms with Gasteiger partial charge in [0.25, 0.3) is 5.91 Å². The topological polar surface area (TPSA) is 88.4 Å². The Balaban J connectivity index is 1.57. The number of rotatable bonds is 7. The zero-order valence-electron chi connectivity index (χ0n) is 19.5. The van der Waals surface area contributed by atoms with Crippen LogP contribution in [0.25, 0.3) is 6.08 Å². The number of aliphatic imine (C=N–C) groups is 1. The fourth-order valence-electron chi connectivity index (χ4n) is 3.37. The first-order chi connectivity index (χ1) is 17.7. The van der Waals surface area contributed by atoms with Gasteiger partial charge < -0.3 is 14.6 Å². The van der Waals surface area contributed by atoms with Crippen LogP contribution in [0.3, 0.4) is 0 Å². The average molecular weight is 622 g/mol. The van der Waals surface area contributed by atoms with Crippen molar-refractivity contribution in [1.82, 2.24) is 4.90 Å². The fourth-order valence-corrected chi connectivity index (χ4v) is 5.25. The van der Waals surface area contributed by atoms with Crippen LogP contribution in [0.1, 0.15) is 21.5 Å². The van der Waals surface area contributed by atoms with E-state index in [1.54, 1.807) is 43.5 Å². The van der Waals surface area contributed by atoms with E-state index in [0.29, 0.717) is 47.3 Å². The van der Waals surface area contributed by atoms with Gasteiger partial charge in [0.15, 0.2) is 16.7 Å². The molecule has 3 aromatic carbocycles. The highest BCUT2D eigenvalue weighted by atomic mass is 79.9. The molecule has 1 fully saturated rings. The van der Waals surface area contributed by atoms with Crippen LogP contribution >= 0.6 is 50.9 Å². The van der Waals surface area contributed by atoms with Gasteiger partial charge in [0.2, 0.25) is 0 Å². The van der Waals surface area contributed by atoms with Crippen LogP contribution in [0.5, 0.6) is 11.5 Å². The number of hydrogen-bond donors (Lipinski definition) is 1. The van der Waals surface area contributed by atoms with E-state index in [4.69, 9.17) is 32.7 Å². The average Bonchev–Trinajstić information content (AvgIpc) is 3.12. The number of carboxylic acids is 1. The predicted molar refractivity (Wildman–Crippen MR) is 150 cm³/mol. The molecular weight excluding hydrogens is 603 g/mol. The monoisotopic (exact) mass is 620 g/mol. The van der Waals surface area contributed by atoms with Gasteiger partial charge in [-0.25, -0.2) is 9.79 Å². The molecule has 0 unspecified atom stereocenters. The maximum atomic E-state index is 12.9. The van der Waals surface area contributed by atoms with Crippen LogP contribution in [0.4, 0.5) is 5.69 Å². The zero-order valence-corrected chi connectivity index (χ0v) is 23.4. The minimum atomic E-state index is -1.05. The molecule has 0 radical (unpaired) electrons. The van der Waals surface area contributed by atoms with Crippen molar-refractivity contribution in [2.45, 2.75) is 6.61 Å². The summed E-state index contributed by atoms with van der Waals surface area (Å²) in [6.07, 6.45) is 1.73. The minimum absolute atomic E-state index is 0.119. The molecule has 0 spiro atoms. The van der Waals surface area contributed by atoms with Crippen LogP contribution < -0.4 is 9.47 Å². The molecular formula is C26H19BrCl2N2O5S. The van der Waals surface area contributed by atoms with Crippen molar-refractivity contribution in [1.29, 1.82) is 0 Å². The number of thioether (sulfide) groups is 1. The summed E-state index contributed by atoms with van der Waals surface area (Å²) in [5.41, 5.74) is 2.11. The molecule has 0 saturated carbocycles. The summed E-state index contributed by atoms with van der Waals surface area (Å²) in [6, 6.07) is 15.1. The highest BCUT2D eigenvalue weighted by Crippen LogP contribution is 2.40. The number of ether oxygens (including phenoxy) is 2. The van der Waals surface area contributed by atoms with E-state index in [0.717, 1.165) is 5.56 Å². The summed E-state index contributed by atoms with van der Waals surface area (Å²) < 4.78 is 12.2. The minimum Gasteiger partial charge on any atom is -0.493 e. The van der Waals surface area contributed by atoms with E-state index in [-0.39, 0.29) is 18.1 Å². The van der Waals surface area contributed by atoms with Gasteiger partial charge in [0.05, 0.1) is 37.8 Å². The molecule has 1 aliphatic heterocycles. The Morgan fingerprint density at radius 1 is 1.16 bits per heavy atom. The van der Waals surface area contributed by atoms with Gasteiger partial charge in [-0.15, -0.1) is 0 Å². The summed E-state index contributed by atoms with van der Waals surface area (Å²) in [5.74, 6) is -0.300. The van der Waals surface area contributed by atoms with Gasteiger partial charge in [-0.2, -0.15) is 0 Å². The van der Waals surface area contributed by atoms with Crippen LogP contribution in [0, 0.1) is 0 Å². The quantitative estimate of drug-likeness (QED) is 0.279. The smallest absolute Gasteiger partial charge is 0.335 e. The van der Waals surface area contributed by atoms with Gasteiger partial charge in [-0.05, 0) is 87.4 Å². The molecule has 0 atom stereocenters. The van der Waals surface area contributed by atoms with E-state index < -0.39 is 5.97 Å². The molecule has 1 N–H and O–H groups in total. The number of aromatic carboxylic acids is 1. The molecule has 0 aromatic heterocycles. The Morgan fingerprint density at radius 3 is 2.65 bits per heavy atom. The Bertz CT molecular complexity index is 1460. The van der Waals surface area contributed by atoms with E-state index in [1.807, 2.05) is 12.1 Å². The Morgan fingerprint density at radius 2 is 1.95 bits per heavy atom. The summed E-state index contributed by atoms with van der Waals surface area (Å²) in [4.78, 5) is 30.5. The van der Waals surface area contributed by atoms with Crippen molar-refractivity contribution >= 4 is 79.7 Å². The first kappa shape index (κ1) is 27.1. The number of benzene rings is 3. The molecule has 1 saturated heterocycles. The van der Waals surface area contributed by atoms with Crippen molar-refractivity contribution in [2.24, 2.45) is 4.99 Å². The highest BCUT2D eigenvalue weighted by Gasteiger charge is 2.30. The third kappa shape index (κ3) is 6.30. The normalized spacial score (nSPS) is 15.5. The molecule has 1 amide bonds. The molecule has 11 heteroatoms. The molecule has 37 heavy (non-hydrogen) atoms. The van der Waals surface area contributed by atoms with E-state index in [2.05, 4.69) is 20.9 Å². The molecule has 1 heterocycles. The Kier molecular flexibility index (Phi) is 8.49. The largest absolute Gasteiger partial charge is 0.493 e. The van der Waals surface area contributed by atoms with Gasteiger partial charge in [-0.1, -0.05) is 35.3 Å². The maximum absolute atomic E-state index is 12.9. The number of carboxylic acid groups (broad SMARTS) is 1. The third-order valence-corrected chi connectivity index (χ3v) is 7.63. The second-order valence-electron chi connectivity index (χ2n) is 7.80. The number of amides is 1. The number of amidine groups is 1. The Labute approximate surface area is 235 Å². The SMILES string of the molecule is COc1cc(C=C2SC(=Nc3cccc(C(=O)O)c3)N(C)C2=O)cc(Br)c1OCc1ccc(Cl)c(Cl)c1. The number of hydrogen-bond acceptors (Lipinski definition) is 6. The van der Waals surface area contributed by atoms with Crippen molar-refractivity contribution in [3.63, 3.8) is 0 Å². The van der Waals surface area contributed by atoms with E-state index in [1.165, 1.54) is 35.9 Å². The second-order valence-corrected chi connectivity index (χ2v) is 10.5. The number of methoxy groups -OCH3 is 1. The van der Waals surface area contributed by atoms with Crippen LogP contribution in [0.2, 0.25) is 10.0 Å². The molecule has 7 nitrogen and oxygen atoms in total. The molecule has 0 bridgehead atoms. The number of halogens is 3. The number of nitrogens with zero attached hydrogens (tertiary/aromatic N) is 2. The molecule has 4 rings (SSSR count). The number of carbonyl (C=O) groups is 2. The lowest BCUT2D eigenvalue weighted by molar-refractivity contribution is -0.121. The molecule has 0 aliphatic carbocycles. The van der Waals surface area contributed by atoms with Gasteiger partial charge in [0.1, 0.15) is 6.61 Å². The van der Waals surface area contributed by atoms with Gasteiger partial charge in [-0.3, -0.25) is 9.69 Å². The predicted octanol–water partition coefficient (Wildman–Crippen LogP) is 7.28. The van der Waals surface area contributed by atoms with E-state index in [9.17, 15) is 14.7 Å². The number of carbonyl (C=O) groups excluding carboxylic acids is 1. The van der Waals surface area contributed by atoms with Crippen molar-refractivity contribution < 1.29 is 24.2 Å².